The molecule has 96 valence electrons. The zero-order valence-electron chi connectivity index (χ0n) is 9.81. The van der Waals surface area contributed by atoms with Crippen LogP contribution in [0.2, 0.25) is 5.22 Å². The van der Waals surface area contributed by atoms with Crippen LogP contribution in [0.1, 0.15) is 16.1 Å². The van der Waals surface area contributed by atoms with Crippen LogP contribution in [0.15, 0.2) is 40.8 Å². The lowest BCUT2D eigenvalue weighted by molar-refractivity contribution is 0.0997. The van der Waals surface area contributed by atoms with Gasteiger partial charge in [0, 0.05) is 11.3 Å². The van der Waals surface area contributed by atoms with E-state index in [9.17, 15) is 4.79 Å². The van der Waals surface area contributed by atoms with Gasteiger partial charge in [-0.3, -0.25) is 4.79 Å². The molecule has 2 aromatic rings. The summed E-state index contributed by atoms with van der Waals surface area (Å²) in [6.45, 7) is -0.183. The van der Waals surface area contributed by atoms with E-state index in [1.807, 2.05) is 0 Å². The molecule has 0 spiro atoms. The molecule has 1 heterocycles. The molecule has 0 saturated heterocycles. The average Bonchev–Trinajstić information content (AvgIpc) is 2.85. The van der Waals surface area contributed by atoms with Gasteiger partial charge in [-0.05, 0) is 48.0 Å². The standard InChI is InChI=1S/C14H10ClNO3/c15-13-8-7-12(19-13)14(18)16-11-5-3-10(4-6-11)2-1-9-17/h3-8,17H,9H2,(H,16,18). The summed E-state index contributed by atoms with van der Waals surface area (Å²) in [5.74, 6) is 5.08. The fourth-order valence-corrected chi connectivity index (χ4v) is 1.55. The van der Waals surface area contributed by atoms with Crippen molar-refractivity contribution in [1.82, 2.24) is 0 Å². The maximum atomic E-state index is 11.8. The number of aliphatic hydroxyl groups excluding tert-OH is 1. The van der Waals surface area contributed by atoms with Crippen molar-refractivity contribution in [3.63, 3.8) is 0 Å². The van der Waals surface area contributed by atoms with Crippen LogP contribution in [0.25, 0.3) is 0 Å². The minimum atomic E-state index is -0.374. The highest BCUT2D eigenvalue weighted by atomic mass is 35.5. The number of benzene rings is 1. The topological polar surface area (TPSA) is 62.5 Å². The number of anilines is 1. The van der Waals surface area contributed by atoms with Gasteiger partial charge in [-0.25, -0.2) is 0 Å². The van der Waals surface area contributed by atoms with Crippen LogP contribution in [-0.4, -0.2) is 17.6 Å². The van der Waals surface area contributed by atoms with E-state index in [-0.39, 0.29) is 23.5 Å². The molecule has 2 N–H and O–H groups in total. The lowest BCUT2D eigenvalue weighted by atomic mass is 10.2. The molecule has 0 aliphatic carbocycles. The number of hydrogen-bond donors (Lipinski definition) is 2. The second-order valence-corrected chi connectivity index (χ2v) is 3.97. The summed E-state index contributed by atoms with van der Waals surface area (Å²) in [6, 6.07) is 9.91. The van der Waals surface area contributed by atoms with Crippen molar-refractivity contribution in [2.75, 3.05) is 11.9 Å². The van der Waals surface area contributed by atoms with Gasteiger partial charge in [-0.1, -0.05) is 11.8 Å². The lowest BCUT2D eigenvalue weighted by Gasteiger charge is -2.02. The Hall–Kier alpha value is -2.22. The molecule has 0 fully saturated rings. The fourth-order valence-electron chi connectivity index (χ4n) is 1.41. The van der Waals surface area contributed by atoms with E-state index in [1.54, 1.807) is 24.3 Å². The highest BCUT2D eigenvalue weighted by Gasteiger charge is 2.10. The molecule has 1 aromatic carbocycles. The number of nitrogens with one attached hydrogen (secondary N) is 1. The largest absolute Gasteiger partial charge is 0.440 e. The summed E-state index contributed by atoms with van der Waals surface area (Å²) in [5, 5.41) is 11.4. The summed E-state index contributed by atoms with van der Waals surface area (Å²) in [6.07, 6.45) is 0. The molecule has 0 bridgehead atoms. The average molecular weight is 276 g/mol. The highest BCUT2D eigenvalue weighted by Crippen LogP contribution is 2.15. The van der Waals surface area contributed by atoms with Crippen LogP contribution < -0.4 is 5.32 Å². The van der Waals surface area contributed by atoms with Crippen LogP contribution in [-0.2, 0) is 0 Å². The molecule has 2 rings (SSSR count). The molecule has 0 aliphatic heterocycles. The second-order valence-electron chi connectivity index (χ2n) is 3.60. The van der Waals surface area contributed by atoms with Gasteiger partial charge in [0.2, 0.25) is 0 Å². The summed E-state index contributed by atoms with van der Waals surface area (Å²) < 4.78 is 5.00. The normalized spacial score (nSPS) is 9.58. The van der Waals surface area contributed by atoms with Gasteiger partial charge >= 0.3 is 0 Å². The molecule has 19 heavy (non-hydrogen) atoms. The van der Waals surface area contributed by atoms with Gasteiger partial charge in [-0.2, -0.15) is 0 Å². The van der Waals surface area contributed by atoms with Crippen molar-refractivity contribution in [3.8, 4) is 11.8 Å². The quantitative estimate of drug-likeness (QED) is 0.828. The predicted octanol–water partition coefficient (Wildman–Crippen LogP) is 2.53. The zero-order valence-corrected chi connectivity index (χ0v) is 10.6. The van der Waals surface area contributed by atoms with Crippen LogP contribution in [0, 0.1) is 11.8 Å². The number of furan rings is 1. The lowest BCUT2D eigenvalue weighted by Crippen LogP contribution is -2.10. The van der Waals surface area contributed by atoms with E-state index in [0.717, 1.165) is 5.56 Å². The first-order valence-electron chi connectivity index (χ1n) is 5.45. The summed E-state index contributed by atoms with van der Waals surface area (Å²) in [5.41, 5.74) is 1.38. The first kappa shape index (κ1) is 13.2. The Morgan fingerprint density at radius 1 is 1.26 bits per heavy atom. The van der Waals surface area contributed by atoms with Crippen molar-refractivity contribution >= 4 is 23.2 Å². The van der Waals surface area contributed by atoms with Gasteiger partial charge in [0.25, 0.3) is 5.91 Å². The Morgan fingerprint density at radius 2 is 2.00 bits per heavy atom. The molecule has 0 saturated carbocycles. The Kier molecular flexibility index (Phi) is 4.24. The maximum Gasteiger partial charge on any atom is 0.291 e. The first-order valence-corrected chi connectivity index (χ1v) is 5.83. The van der Waals surface area contributed by atoms with Gasteiger partial charge < -0.3 is 14.8 Å². The van der Waals surface area contributed by atoms with Crippen LogP contribution >= 0.6 is 11.6 Å². The maximum absolute atomic E-state index is 11.8. The Labute approximate surface area is 115 Å². The van der Waals surface area contributed by atoms with E-state index in [4.69, 9.17) is 21.1 Å². The molecule has 1 aromatic heterocycles. The van der Waals surface area contributed by atoms with Gasteiger partial charge in [0.1, 0.15) is 6.61 Å². The minimum absolute atomic E-state index is 0.147. The van der Waals surface area contributed by atoms with E-state index >= 15 is 0 Å². The number of halogens is 1. The highest BCUT2D eigenvalue weighted by molar-refractivity contribution is 6.29. The molecule has 0 unspecified atom stereocenters. The molecular weight excluding hydrogens is 266 g/mol. The van der Waals surface area contributed by atoms with Gasteiger partial charge in [0.05, 0.1) is 0 Å². The van der Waals surface area contributed by atoms with Gasteiger partial charge in [-0.15, -0.1) is 0 Å². The Morgan fingerprint density at radius 3 is 2.58 bits per heavy atom. The van der Waals surface area contributed by atoms with Crippen LogP contribution in [0.3, 0.4) is 0 Å². The predicted molar refractivity (Wildman–Crippen MR) is 72.1 cm³/mol. The number of rotatable bonds is 2. The Balaban J connectivity index is 2.05. The molecule has 0 aliphatic rings. The smallest absolute Gasteiger partial charge is 0.291 e. The van der Waals surface area contributed by atoms with Crippen molar-refractivity contribution in [2.45, 2.75) is 0 Å². The Bertz CT molecular complexity index is 635. The molecule has 5 heteroatoms. The van der Waals surface area contributed by atoms with Crippen molar-refractivity contribution in [3.05, 3.63) is 52.9 Å². The number of amides is 1. The molecule has 0 radical (unpaired) electrons. The second kappa shape index (κ2) is 6.10. The number of hydrogen-bond acceptors (Lipinski definition) is 3. The summed E-state index contributed by atoms with van der Waals surface area (Å²) in [4.78, 5) is 11.8. The SMILES string of the molecule is O=C(Nc1ccc(C#CCO)cc1)c1ccc(Cl)o1. The number of aliphatic hydroxyl groups is 1. The summed E-state index contributed by atoms with van der Waals surface area (Å²) >= 11 is 5.59. The molecular formula is C14H10ClNO3. The third-order valence-electron chi connectivity index (χ3n) is 2.25. The molecule has 0 atom stereocenters. The minimum Gasteiger partial charge on any atom is -0.440 e. The monoisotopic (exact) mass is 275 g/mol. The summed E-state index contributed by atoms with van der Waals surface area (Å²) in [7, 11) is 0. The number of carbonyl (C=O) groups excluding carboxylic acids is 1. The molecule has 1 amide bonds. The van der Waals surface area contributed by atoms with Crippen molar-refractivity contribution in [2.24, 2.45) is 0 Å². The third kappa shape index (κ3) is 3.62. The third-order valence-corrected chi connectivity index (χ3v) is 2.45. The van der Waals surface area contributed by atoms with Crippen LogP contribution in [0.4, 0.5) is 5.69 Å². The van der Waals surface area contributed by atoms with E-state index in [1.165, 1.54) is 12.1 Å². The van der Waals surface area contributed by atoms with Crippen molar-refractivity contribution < 1.29 is 14.3 Å². The number of carbonyl (C=O) groups is 1. The first-order chi connectivity index (χ1) is 9.19. The van der Waals surface area contributed by atoms with Crippen molar-refractivity contribution in [1.29, 1.82) is 0 Å². The van der Waals surface area contributed by atoms with Gasteiger partial charge in [0.15, 0.2) is 11.0 Å². The van der Waals surface area contributed by atoms with Crippen LogP contribution in [0.5, 0.6) is 0 Å². The van der Waals surface area contributed by atoms with E-state index in [0.29, 0.717) is 5.69 Å². The molecule has 4 nitrogen and oxygen atoms in total. The van der Waals surface area contributed by atoms with E-state index < -0.39 is 0 Å². The zero-order chi connectivity index (χ0) is 13.7. The van der Waals surface area contributed by atoms with E-state index in [2.05, 4.69) is 17.2 Å². The fraction of sp³-hybridized carbons (Fsp3) is 0.0714.